The van der Waals surface area contributed by atoms with E-state index in [1.54, 1.807) is 21.0 Å². The van der Waals surface area contributed by atoms with Crippen LogP contribution in [0.25, 0.3) is 0 Å². The summed E-state index contributed by atoms with van der Waals surface area (Å²) in [6.07, 6.45) is 0. The van der Waals surface area contributed by atoms with E-state index in [0.29, 0.717) is 16.3 Å². The largest absolute Gasteiger partial charge is 0.495 e. The van der Waals surface area contributed by atoms with Crippen LogP contribution in [-0.4, -0.2) is 45.4 Å². The fourth-order valence-corrected chi connectivity index (χ4v) is 4.40. The van der Waals surface area contributed by atoms with Crippen LogP contribution in [0, 0.1) is 6.92 Å². The molecular formula is C14H16ClN3O4S2. The van der Waals surface area contributed by atoms with Crippen molar-refractivity contribution in [3.05, 3.63) is 33.8 Å². The van der Waals surface area contributed by atoms with Crippen molar-refractivity contribution in [3.63, 3.8) is 0 Å². The van der Waals surface area contributed by atoms with Gasteiger partial charge < -0.3 is 9.64 Å². The quantitative estimate of drug-likeness (QED) is 0.849. The Hall–Kier alpha value is -1.84. The first-order chi connectivity index (χ1) is 11.2. The topological polar surface area (TPSA) is 88.6 Å². The van der Waals surface area contributed by atoms with E-state index in [0.717, 1.165) is 11.3 Å². The standard InChI is InChI=1S/C14H16ClN3O4S2/c1-8-12(13(19)18(2)3)23-14(16-8)17-24(20,21)9-5-6-11(22-4)10(15)7-9/h5-7H,1-4H3,(H,16,17). The molecule has 1 amide bonds. The smallest absolute Gasteiger partial charge is 0.265 e. The summed E-state index contributed by atoms with van der Waals surface area (Å²) in [4.78, 5) is 17.9. The fraction of sp³-hybridized carbons (Fsp3) is 0.286. The molecule has 0 unspecified atom stereocenters. The van der Waals surface area contributed by atoms with Gasteiger partial charge >= 0.3 is 0 Å². The molecule has 10 heteroatoms. The lowest BCUT2D eigenvalue weighted by Gasteiger charge is -2.08. The van der Waals surface area contributed by atoms with E-state index < -0.39 is 10.0 Å². The first kappa shape index (κ1) is 18.5. The highest BCUT2D eigenvalue weighted by atomic mass is 35.5. The van der Waals surface area contributed by atoms with Gasteiger partial charge in [0.1, 0.15) is 10.6 Å². The number of nitrogens with zero attached hydrogens (tertiary/aromatic N) is 2. The number of thiazole rings is 1. The first-order valence-corrected chi connectivity index (χ1v) is 9.39. The third-order valence-electron chi connectivity index (χ3n) is 3.05. The second kappa shape index (κ2) is 6.96. The van der Waals surface area contributed by atoms with E-state index in [-0.39, 0.29) is 21.0 Å². The SMILES string of the molecule is COc1ccc(S(=O)(=O)Nc2nc(C)c(C(=O)N(C)C)s2)cc1Cl. The monoisotopic (exact) mass is 389 g/mol. The molecule has 0 aliphatic carbocycles. The average Bonchev–Trinajstić information content (AvgIpc) is 2.85. The first-order valence-electron chi connectivity index (χ1n) is 6.71. The van der Waals surface area contributed by atoms with Gasteiger partial charge in [0.15, 0.2) is 5.13 Å². The molecule has 0 radical (unpaired) electrons. The highest BCUT2D eigenvalue weighted by molar-refractivity contribution is 7.93. The summed E-state index contributed by atoms with van der Waals surface area (Å²) in [6.45, 7) is 1.65. The molecular weight excluding hydrogens is 374 g/mol. The maximum absolute atomic E-state index is 12.4. The maximum atomic E-state index is 12.4. The molecule has 0 aliphatic heterocycles. The number of amides is 1. The Morgan fingerprint density at radius 2 is 2.04 bits per heavy atom. The van der Waals surface area contributed by atoms with Crippen LogP contribution in [0.5, 0.6) is 5.75 Å². The van der Waals surface area contributed by atoms with Gasteiger partial charge in [-0.15, -0.1) is 0 Å². The van der Waals surface area contributed by atoms with E-state index in [1.807, 2.05) is 0 Å². The van der Waals surface area contributed by atoms with Crippen LogP contribution in [0.15, 0.2) is 23.1 Å². The van der Waals surface area contributed by atoms with Gasteiger partial charge in [0.05, 0.1) is 22.7 Å². The van der Waals surface area contributed by atoms with Gasteiger partial charge in [-0.2, -0.15) is 0 Å². The van der Waals surface area contributed by atoms with Crippen LogP contribution in [0.2, 0.25) is 5.02 Å². The van der Waals surface area contributed by atoms with E-state index in [1.165, 1.54) is 30.2 Å². The Labute approximate surface area is 149 Å². The molecule has 1 heterocycles. The summed E-state index contributed by atoms with van der Waals surface area (Å²) in [5.41, 5.74) is 0.462. The van der Waals surface area contributed by atoms with E-state index in [9.17, 15) is 13.2 Å². The van der Waals surface area contributed by atoms with Gasteiger partial charge in [0, 0.05) is 14.1 Å². The normalized spacial score (nSPS) is 11.2. The number of carbonyl (C=O) groups is 1. The Balaban J connectivity index is 2.31. The molecule has 1 N–H and O–H groups in total. The number of aryl methyl sites for hydroxylation is 1. The Kier molecular flexibility index (Phi) is 5.36. The number of hydrogen-bond acceptors (Lipinski definition) is 6. The van der Waals surface area contributed by atoms with Gasteiger partial charge in [-0.25, -0.2) is 13.4 Å². The Morgan fingerprint density at radius 3 is 2.58 bits per heavy atom. The molecule has 1 aromatic carbocycles. The molecule has 0 bridgehead atoms. The Morgan fingerprint density at radius 1 is 1.38 bits per heavy atom. The van der Waals surface area contributed by atoms with E-state index in [4.69, 9.17) is 16.3 Å². The molecule has 0 atom stereocenters. The highest BCUT2D eigenvalue weighted by Gasteiger charge is 2.21. The summed E-state index contributed by atoms with van der Waals surface area (Å²) in [5.74, 6) is 0.141. The predicted molar refractivity (Wildman–Crippen MR) is 93.7 cm³/mol. The number of nitrogens with one attached hydrogen (secondary N) is 1. The minimum absolute atomic E-state index is 0.0263. The van der Waals surface area contributed by atoms with Crippen molar-refractivity contribution in [2.45, 2.75) is 11.8 Å². The molecule has 24 heavy (non-hydrogen) atoms. The molecule has 130 valence electrons. The lowest BCUT2D eigenvalue weighted by atomic mass is 10.3. The summed E-state index contributed by atoms with van der Waals surface area (Å²) in [7, 11) is 0.794. The van der Waals surface area contributed by atoms with Crippen LogP contribution in [-0.2, 0) is 10.0 Å². The fourth-order valence-electron chi connectivity index (χ4n) is 1.83. The van der Waals surface area contributed by atoms with Crippen LogP contribution < -0.4 is 9.46 Å². The van der Waals surface area contributed by atoms with Crippen LogP contribution in [0.4, 0.5) is 5.13 Å². The molecule has 0 saturated carbocycles. The third-order valence-corrected chi connectivity index (χ3v) is 5.87. The van der Waals surface area contributed by atoms with E-state index in [2.05, 4.69) is 9.71 Å². The number of halogens is 1. The van der Waals surface area contributed by atoms with Crippen molar-refractivity contribution in [1.29, 1.82) is 0 Å². The summed E-state index contributed by atoms with van der Waals surface area (Å²) in [5, 5.41) is 0.295. The molecule has 0 fully saturated rings. The summed E-state index contributed by atoms with van der Waals surface area (Å²) < 4.78 is 32.2. The number of methoxy groups -OCH3 is 1. The van der Waals surface area contributed by atoms with Crippen molar-refractivity contribution in [1.82, 2.24) is 9.88 Å². The minimum atomic E-state index is -3.88. The maximum Gasteiger partial charge on any atom is 0.265 e. The summed E-state index contributed by atoms with van der Waals surface area (Å²) in [6, 6.07) is 4.12. The third kappa shape index (κ3) is 3.80. The van der Waals surface area contributed by atoms with Gasteiger partial charge in [-0.1, -0.05) is 22.9 Å². The summed E-state index contributed by atoms with van der Waals surface area (Å²) >= 11 is 6.94. The molecule has 2 rings (SSSR count). The minimum Gasteiger partial charge on any atom is -0.495 e. The van der Waals surface area contributed by atoms with Crippen LogP contribution >= 0.6 is 22.9 Å². The van der Waals surface area contributed by atoms with Crippen LogP contribution in [0.1, 0.15) is 15.4 Å². The average molecular weight is 390 g/mol. The predicted octanol–water partition coefficient (Wildman–Crippen LogP) is 2.62. The molecule has 1 aromatic heterocycles. The van der Waals surface area contributed by atoms with Crippen molar-refractivity contribution < 1.29 is 17.9 Å². The number of benzene rings is 1. The zero-order chi connectivity index (χ0) is 18.1. The lowest BCUT2D eigenvalue weighted by molar-refractivity contribution is 0.0831. The molecule has 0 aliphatic rings. The molecule has 0 spiro atoms. The number of anilines is 1. The number of sulfonamides is 1. The van der Waals surface area contributed by atoms with Gasteiger partial charge in [-0.3, -0.25) is 9.52 Å². The zero-order valence-corrected chi connectivity index (χ0v) is 15.8. The second-order valence-corrected chi connectivity index (χ2v) is 8.12. The second-order valence-electron chi connectivity index (χ2n) is 5.03. The van der Waals surface area contributed by atoms with Gasteiger partial charge in [0.25, 0.3) is 15.9 Å². The highest BCUT2D eigenvalue weighted by Crippen LogP contribution is 2.29. The van der Waals surface area contributed by atoms with Crippen molar-refractivity contribution in [2.24, 2.45) is 0 Å². The van der Waals surface area contributed by atoms with Crippen molar-refractivity contribution >= 4 is 44.0 Å². The number of carbonyl (C=O) groups excluding carboxylic acids is 1. The molecule has 0 saturated heterocycles. The number of hydrogen-bond donors (Lipinski definition) is 1. The lowest BCUT2D eigenvalue weighted by Crippen LogP contribution is -2.21. The van der Waals surface area contributed by atoms with Crippen molar-refractivity contribution in [2.75, 3.05) is 25.9 Å². The van der Waals surface area contributed by atoms with Crippen LogP contribution in [0.3, 0.4) is 0 Å². The van der Waals surface area contributed by atoms with Crippen molar-refractivity contribution in [3.8, 4) is 5.75 Å². The molecule has 2 aromatic rings. The zero-order valence-electron chi connectivity index (χ0n) is 13.5. The molecule has 7 nitrogen and oxygen atoms in total. The number of aromatic nitrogens is 1. The van der Waals surface area contributed by atoms with Gasteiger partial charge in [0.2, 0.25) is 0 Å². The number of rotatable bonds is 5. The number of ether oxygens (including phenoxy) is 1. The van der Waals surface area contributed by atoms with Gasteiger partial charge in [-0.05, 0) is 25.1 Å². The Bertz CT molecular complexity index is 878. The van der Waals surface area contributed by atoms with E-state index >= 15 is 0 Å².